The lowest BCUT2D eigenvalue weighted by Crippen LogP contribution is -2.48. The quantitative estimate of drug-likeness (QED) is 0.353. The molecule has 0 aromatic heterocycles. The molecule has 164 valence electrons. The van der Waals surface area contributed by atoms with E-state index in [1.807, 2.05) is 0 Å². The van der Waals surface area contributed by atoms with Crippen LogP contribution >= 0.6 is 0 Å². The molecule has 6 heteroatoms. The van der Waals surface area contributed by atoms with E-state index < -0.39 is 24.7 Å². The van der Waals surface area contributed by atoms with Gasteiger partial charge in [0.05, 0.1) is 12.7 Å². The van der Waals surface area contributed by atoms with Crippen LogP contribution in [-0.2, 0) is 13.6 Å². The zero-order valence-electron chi connectivity index (χ0n) is 20.9. The fraction of sp³-hybridized carbons (Fsp3) is 0.909. The summed E-state index contributed by atoms with van der Waals surface area (Å²) in [6.07, 6.45) is 0.668. The van der Waals surface area contributed by atoms with Crippen molar-refractivity contribution in [2.45, 2.75) is 116 Å². The molecule has 0 amide bonds. The van der Waals surface area contributed by atoms with Gasteiger partial charge < -0.3 is 13.6 Å². The first-order chi connectivity index (χ1) is 12.3. The molecule has 0 N–H and O–H groups in total. The van der Waals surface area contributed by atoms with Gasteiger partial charge in [0.25, 0.3) is 0 Å². The zero-order chi connectivity index (χ0) is 22.2. The van der Waals surface area contributed by atoms with Crippen LogP contribution in [0.15, 0.2) is 0 Å². The second-order valence-electron chi connectivity index (χ2n) is 12.4. The van der Waals surface area contributed by atoms with Gasteiger partial charge in [-0.05, 0) is 36.3 Å². The van der Waals surface area contributed by atoms with Gasteiger partial charge in [-0.25, -0.2) is 0 Å². The van der Waals surface area contributed by atoms with E-state index in [0.29, 0.717) is 6.61 Å². The lowest BCUT2D eigenvalue weighted by molar-refractivity contribution is -0.0704. The summed E-state index contributed by atoms with van der Waals surface area (Å²) in [5.41, 5.74) is 3.52. The van der Waals surface area contributed by atoms with Crippen molar-refractivity contribution in [3.8, 4) is 11.5 Å². The average Bonchev–Trinajstić information content (AvgIpc) is 2.76. The molecule has 1 aliphatic heterocycles. The Morgan fingerprint density at radius 3 is 1.71 bits per heavy atom. The molecule has 0 unspecified atom stereocenters. The van der Waals surface area contributed by atoms with Crippen LogP contribution in [0.1, 0.15) is 48.0 Å². The molecule has 0 aromatic rings. The molecule has 28 heavy (non-hydrogen) atoms. The van der Waals surface area contributed by atoms with Crippen LogP contribution in [0.3, 0.4) is 0 Å². The third-order valence-electron chi connectivity index (χ3n) is 6.52. The zero-order valence-corrected chi connectivity index (χ0v) is 23.9. The minimum absolute atomic E-state index is 0.0756. The minimum Gasteiger partial charge on any atom is -0.411 e. The van der Waals surface area contributed by atoms with Crippen LogP contribution in [0.4, 0.5) is 0 Å². The van der Waals surface area contributed by atoms with Crippen molar-refractivity contribution in [3.63, 3.8) is 0 Å². The summed E-state index contributed by atoms with van der Waals surface area (Å²) >= 11 is 0. The van der Waals surface area contributed by atoms with Gasteiger partial charge in [-0.2, -0.15) is 0 Å². The lowest BCUT2D eigenvalue weighted by atomic mass is 10.0. The Hall–Kier alpha value is 0.0906. The molecule has 0 saturated carbocycles. The van der Waals surface area contributed by atoms with Gasteiger partial charge in [-0.3, -0.25) is 0 Å². The summed E-state index contributed by atoms with van der Waals surface area (Å²) in [7, 11) is -5.19. The molecule has 0 aliphatic carbocycles. The second kappa shape index (κ2) is 8.68. The molecule has 0 spiro atoms. The van der Waals surface area contributed by atoms with Crippen LogP contribution in [-0.4, -0.2) is 43.7 Å². The van der Waals surface area contributed by atoms with Crippen LogP contribution in [0.2, 0.25) is 55.9 Å². The maximum atomic E-state index is 6.78. The van der Waals surface area contributed by atoms with Crippen LogP contribution in [0, 0.1) is 17.4 Å². The number of rotatable bonds is 5. The highest BCUT2D eigenvalue weighted by molar-refractivity contribution is 6.83. The highest BCUT2D eigenvalue weighted by atomic mass is 28.4. The maximum Gasteiger partial charge on any atom is 0.195 e. The van der Waals surface area contributed by atoms with E-state index in [9.17, 15) is 0 Å². The topological polar surface area (TPSA) is 27.7 Å². The fourth-order valence-corrected chi connectivity index (χ4v) is 5.70. The predicted octanol–water partition coefficient (Wildman–Crippen LogP) is 6.64. The molecule has 3 atom stereocenters. The monoisotopic (exact) mass is 442 g/mol. The van der Waals surface area contributed by atoms with Crippen molar-refractivity contribution in [2.75, 3.05) is 6.61 Å². The Labute approximate surface area is 178 Å². The van der Waals surface area contributed by atoms with E-state index in [1.54, 1.807) is 0 Å². The van der Waals surface area contributed by atoms with Gasteiger partial charge in [-0.1, -0.05) is 61.2 Å². The van der Waals surface area contributed by atoms with E-state index in [0.717, 1.165) is 6.42 Å². The van der Waals surface area contributed by atoms with E-state index >= 15 is 0 Å². The van der Waals surface area contributed by atoms with Gasteiger partial charge in [-0.15, -0.1) is 11.5 Å². The van der Waals surface area contributed by atoms with Crippen LogP contribution in [0.25, 0.3) is 0 Å². The lowest BCUT2D eigenvalue weighted by Gasteiger charge is -2.41. The first-order valence-electron chi connectivity index (χ1n) is 10.7. The SMILES string of the molecule is CC(C)(C)[Si](C)(C)O[C@H]1OC[C@H](O[Si](C)(C)C(C)(C)C)[C@@H]1CC#C[Si](C)(C)C. The van der Waals surface area contributed by atoms with Gasteiger partial charge in [0.1, 0.15) is 8.07 Å². The summed E-state index contributed by atoms with van der Waals surface area (Å²) in [6, 6.07) is 0. The van der Waals surface area contributed by atoms with Crippen molar-refractivity contribution >= 4 is 24.7 Å². The van der Waals surface area contributed by atoms with Crippen LogP contribution in [0.5, 0.6) is 0 Å². The number of ether oxygens (including phenoxy) is 1. The third-order valence-corrected chi connectivity index (χ3v) is 16.4. The van der Waals surface area contributed by atoms with E-state index in [2.05, 4.69) is 98.8 Å². The second-order valence-corrected chi connectivity index (χ2v) is 26.7. The predicted molar refractivity (Wildman–Crippen MR) is 129 cm³/mol. The summed E-state index contributed by atoms with van der Waals surface area (Å²) in [6.45, 7) is 30.4. The Bertz CT molecular complexity index is 547. The molecule has 0 radical (unpaired) electrons. The van der Waals surface area contributed by atoms with Crippen molar-refractivity contribution in [3.05, 3.63) is 0 Å². The molecule has 1 aliphatic rings. The summed E-state index contributed by atoms with van der Waals surface area (Å²) in [5.74, 6) is 3.67. The van der Waals surface area contributed by atoms with Gasteiger partial charge in [0.15, 0.2) is 22.9 Å². The number of hydrogen-bond donors (Lipinski definition) is 0. The molecule has 3 nitrogen and oxygen atoms in total. The van der Waals surface area contributed by atoms with E-state index in [1.165, 1.54) is 0 Å². The van der Waals surface area contributed by atoms with E-state index in [-0.39, 0.29) is 28.4 Å². The average molecular weight is 443 g/mol. The third kappa shape index (κ3) is 7.10. The summed E-state index contributed by atoms with van der Waals surface area (Å²) < 4.78 is 19.7. The van der Waals surface area contributed by atoms with Crippen molar-refractivity contribution in [1.29, 1.82) is 0 Å². The van der Waals surface area contributed by atoms with Gasteiger partial charge in [0.2, 0.25) is 0 Å². The Kier molecular flexibility index (Phi) is 8.10. The maximum absolute atomic E-state index is 6.78. The normalized spacial score (nSPS) is 24.8. The van der Waals surface area contributed by atoms with Crippen LogP contribution < -0.4 is 0 Å². The highest BCUT2D eigenvalue weighted by Gasteiger charge is 2.48. The molecule has 0 bridgehead atoms. The van der Waals surface area contributed by atoms with Crippen molar-refractivity contribution < 1.29 is 13.6 Å². The molecular weight excluding hydrogens is 396 g/mol. The largest absolute Gasteiger partial charge is 0.411 e. The molecule has 0 aromatic carbocycles. The Balaban J connectivity index is 3.08. The first-order valence-corrected chi connectivity index (χ1v) is 20.1. The highest BCUT2D eigenvalue weighted by Crippen LogP contribution is 2.43. The Morgan fingerprint density at radius 1 is 0.821 bits per heavy atom. The van der Waals surface area contributed by atoms with Crippen molar-refractivity contribution in [1.82, 2.24) is 0 Å². The standard InChI is InChI=1S/C22H46O3Si3/c1-21(2,3)27(10,11)24-19-17-23-20(25-28(12,13)22(4,5)6)18(19)15-14-16-26(7,8)9/h18-20H,15,17H2,1-13H3/t18-,19-,20+/m0/s1. The molecular formula is C22H46O3Si3. The smallest absolute Gasteiger partial charge is 0.195 e. The summed E-state index contributed by atoms with van der Waals surface area (Å²) in [4.78, 5) is 0. The first kappa shape index (κ1) is 26.1. The molecule has 1 fully saturated rings. The molecule has 1 heterocycles. The molecule has 1 saturated heterocycles. The van der Waals surface area contributed by atoms with Gasteiger partial charge in [0, 0.05) is 12.3 Å². The Morgan fingerprint density at radius 2 is 1.29 bits per heavy atom. The fourth-order valence-electron chi connectivity index (χ4n) is 2.54. The summed E-state index contributed by atoms with van der Waals surface area (Å²) in [5, 5.41) is 0.337. The van der Waals surface area contributed by atoms with Crippen molar-refractivity contribution in [2.24, 2.45) is 5.92 Å². The number of hydrogen-bond acceptors (Lipinski definition) is 3. The minimum atomic E-state index is -1.92. The van der Waals surface area contributed by atoms with E-state index in [4.69, 9.17) is 13.6 Å². The molecule has 1 rings (SSSR count). The van der Waals surface area contributed by atoms with Gasteiger partial charge >= 0.3 is 0 Å².